The second kappa shape index (κ2) is 6.18. The van der Waals surface area contributed by atoms with Crippen LogP contribution >= 0.6 is 0 Å². The van der Waals surface area contributed by atoms with Gasteiger partial charge in [-0.1, -0.05) is 0 Å². The number of furan rings is 1. The highest BCUT2D eigenvalue weighted by atomic mass is 16.5. The van der Waals surface area contributed by atoms with Crippen molar-refractivity contribution < 1.29 is 18.7 Å². The first kappa shape index (κ1) is 13.9. The number of hydrogen-bond acceptors (Lipinski definition) is 5. The SMILES string of the molecule is Nc1ccc2oc(C(=O)OCCCC3CCCO3)cc2c1. The normalized spacial score (nSPS) is 18.2. The van der Waals surface area contributed by atoms with Crippen LogP contribution in [0.5, 0.6) is 0 Å². The van der Waals surface area contributed by atoms with Crippen LogP contribution in [0.4, 0.5) is 5.69 Å². The molecule has 3 rings (SSSR count). The molecule has 1 saturated heterocycles. The summed E-state index contributed by atoms with van der Waals surface area (Å²) in [7, 11) is 0. The lowest BCUT2D eigenvalue weighted by atomic mass is 10.1. The van der Waals surface area contributed by atoms with E-state index in [0.717, 1.165) is 37.7 Å². The molecule has 1 atom stereocenters. The molecule has 0 spiro atoms. The van der Waals surface area contributed by atoms with Crippen molar-refractivity contribution in [1.82, 2.24) is 0 Å². The lowest BCUT2D eigenvalue weighted by molar-refractivity contribution is 0.0430. The van der Waals surface area contributed by atoms with Crippen molar-refractivity contribution in [3.8, 4) is 0 Å². The number of carbonyl (C=O) groups excluding carboxylic acids is 1. The summed E-state index contributed by atoms with van der Waals surface area (Å²) in [6, 6.07) is 6.92. The Morgan fingerprint density at radius 3 is 3.10 bits per heavy atom. The number of ether oxygens (including phenoxy) is 2. The van der Waals surface area contributed by atoms with Crippen LogP contribution in [0.1, 0.15) is 36.2 Å². The average molecular weight is 289 g/mol. The first-order chi connectivity index (χ1) is 10.2. The molecular formula is C16H19NO4. The maximum atomic E-state index is 11.9. The zero-order valence-corrected chi connectivity index (χ0v) is 11.8. The Labute approximate surface area is 123 Å². The Bertz CT molecular complexity index is 628. The molecule has 5 nitrogen and oxygen atoms in total. The van der Waals surface area contributed by atoms with Gasteiger partial charge in [-0.15, -0.1) is 0 Å². The van der Waals surface area contributed by atoms with Crippen LogP contribution in [-0.4, -0.2) is 25.3 Å². The van der Waals surface area contributed by atoms with Crippen molar-refractivity contribution in [3.05, 3.63) is 30.0 Å². The lowest BCUT2D eigenvalue weighted by Crippen LogP contribution is -2.09. The van der Waals surface area contributed by atoms with Crippen molar-refractivity contribution >= 4 is 22.6 Å². The Kier molecular flexibility index (Phi) is 4.10. The van der Waals surface area contributed by atoms with E-state index in [1.165, 1.54) is 0 Å². The van der Waals surface area contributed by atoms with E-state index in [1.807, 2.05) is 0 Å². The van der Waals surface area contributed by atoms with Crippen molar-refractivity contribution in [3.63, 3.8) is 0 Å². The van der Waals surface area contributed by atoms with Gasteiger partial charge in [-0.25, -0.2) is 4.79 Å². The van der Waals surface area contributed by atoms with Crippen molar-refractivity contribution in [2.75, 3.05) is 18.9 Å². The third-order valence-electron chi connectivity index (χ3n) is 3.67. The van der Waals surface area contributed by atoms with Gasteiger partial charge in [-0.05, 0) is 49.9 Å². The monoisotopic (exact) mass is 289 g/mol. The van der Waals surface area contributed by atoms with Gasteiger partial charge in [0.1, 0.15) is 5.58 Å². The maximum Gasteiger partial charge on any atom is 0.374 e. The lowest BCUT2D eigenvalue weighted by Gasteiger charge is -2.08. The van der Waals surface area contributed by atoms with E-state index < -0.39 is 5.97 Å². The highest BCUT2D eigenvalue weighted by Crippen LogP contribution is 2.22. The molecular weight excluding hydrogens is 270 g/mol. The van der Waals surface area contributed by atoms with Crippen LogP contribution in [0.2, 0.25) is 0 Å². The van der Waals surface area contributed by atoms with Crippen LogP contribution in [-0.2, 0) is 9.47 Å². The molecule has 112 valence electrons. The fourth-order valence-corrected chi connectivity index (χ4v) is 2.58. The Hall–Kier alpha value is -2.01. The van der Waals surface area contributed by atoms with Crippen molar-refractivity contribution in [2.45, 2.75) is 31.8 Å². The summed E-state index contributed by atoms with van der Waals surface area (Å²) in [6.45, 7) is 1.24. The molecule has 1 aliphatic rings. The summed E-state index contributed by atoms with van der Waals surface area (Å²) in [4.78, 5) is 11.9. The molecule has 2 heterocycles. The Morgan fingerprint density at radius 2 is 2.29 bits per heavy atom. The average Bonchev–Trinajstić information content (AvgIpc) is 3.11. The molecule has 0 bridgehead atoms. The third kappa shape index (κ3) is 3.36. The number of fused-ring (bicyclic) bond motifs is 1. The summed E-state index contributed by atoms with van der Waals surface area (Å²) in [5.74, 6) is -0.218. The third-order valence-corrected chi connectivity index (χ3v) is 3.67. The van der Waals surface area contributed by atoms with Crippen molar-refractivity contribution in [2.24, 2.45) is 0 Å². The van der Waals surface area contributed by atoms with Gasteiger partial charge in [0.15, 0.2) is 0 Å². The van der Waals surface area contributed by atoms with E-state index in [9.17, 15) is 4.79 Å². The minimum absolute atomic E-state index is 0.215. The standard InChI is InChI=1S/C16H19NO4/c17-12-5-6-14-11(9-12)10-15(21-14)16(18)20-8-2-4-13-3-1-7-19-13/h5-6,9-10,13H,1-4,7-8,17H2. The smallest absolute Gasteiger partial charge is 0.374 e. The van der Waals surface area contributed by atoms with E-state index in [2.05, 4.69) is 0 Å². The molecule has 0 saturated carbocycles. The van der Waals surface area contributed by atoms with E-state index in [-0.39, 0.29) is 5.76 Å². The zero-order chi connectivity index (χ0) is 14.7. The van der Waals surface area contributed by atoms with E-state index >= 15 is 0 Å². The van der Waals surface area contributed by atoms with Gasteiger partial charge in [0.25, 0.3) is 0 Å². The molecule has 1 aromatic heterocycles. The highest BCUT2D eigenvalue weighted by Gasteiger charge is 2.16. The molecule has 1 fully saturated rings. The fourth-order valence-electron chi connectivity index (χ4n) is 2.58. The van der Waals surface area contributed by atoms with Crippen LogP contribution in [0.15, 0.2) is 28.7 Å². The largest absolute Gasteiger partial charge is 0.460 e. The van der Waals surface area contributed by atoms with Crippen LogP contribution in [0.3, 0.4) is 0 Å². The molecule has 1 aliphatic heterocycles. The minimum atomic E-state index is -0.433. The molecule has 2 aromatic rings. The number of nitrogen functional groups attached to an aromatic ring is 1. The van der Waals surface area contributed by atoms with Gasteiger partial charge in [-0.3, -0.25) is 0 Å². The zero-order valence-electron chi connectivity index (χ0n) is 11.8. The molecule has 0 aliphatic carbocycles. The number of nitrogens with two attached hydrogens (primary N) is 1. The van der Waals surface area contributed by atoms with Crippen molar-refractivity contribution in [1.29, 1.82) is 0 Å². The van der Waals surface area contributed by atoms with Gasteiger partial charge in [0, 0.05) is 17.7 Å². The van der Waals surface area contributed by atoms with E-state index in [1.54, 1.807) is 24.3 Å². The summed E-state index contributed by atoms with van der Waals surface area (Å²) < 4.78 is 16.2. The number of esters is 1. The first-order valence-electron chi connectivity index (χ1n) is 7.30. The molecule has 21 heavy (non-hydrogen) atoms. The quantitative estimate of drug-likeness (QED) is 0.520. The number of benzene rings is 1. The second-order valence-corrected chi connectivity index (χ2v) is 5.32. The van der Waals surface area contributed by atoms with E-state index in [4.69, 9.17) is 19.6 Å². The number of hydrogen-bond donors (Lipinski definition) is 1. The number of anilines is 1. The molecule has 5 heteroatoms. The maximum absolute atomic E-state index is 11.9. The molecule has 1 unspecified atom stereocenters. The van der Waals surface area contributed by atoms with Gasteiger partial charge >= 0.3 is 5.97 Å². The summed E-state index contributed by atoms with van der Waals surface area (Å²) in [5.41, 5.74) is 6.97. The highest BCUT2D eigenvalue weighted by molar-refractivity contribution is 5.93. The number of rotatable bonds is 5. The molecule has 2 N–H and O–H groups in total. The van der Waals surface area contributed by atoms with Gasteiger partial charge < -0.3 is 19.6 Å². The van der Waals surface area contributed by atoms with Gasteiger partial charge in [-0.2, -0.15) is 0 Å². The molecule has 0 amide bonds. The Morgan fingerprint density at radius 1 is 1.38 bits per heavy atom. The summed E-state index contributed by atoms with van der Waals surface area (Å²) in [5, 5.41) is 0.807. The molecule has 0 radical (unpaired) electrons. The van der Waals surface area contributed by atoms with E-state index in [0.29, 0.717) is 24.0 Å². The Balaban J connectivity index is 1.51. The molecule has 1 aromatic carbocycles. The van der Waals surface area contributed by atoms with Gasteiger partial charge in [0.2, 0.25) is 5.76 Å². The fraction of sp³-hybridized carbons (Fsp3) is 0.438. The predicted molar refractivity (Wildman–Crippen MR) is 79.1 cm³/mol. The predicted octanol–water partition coefficient (Wildman–Crippen LogP) is 3.13. The minimum Gasteiger partial charge on any atom is -0.460 e. The van der Waals surface area contributed by atoms with Crippen LogP contribution in [0, 0.1) is 0 Å². The van der Waals surface area contributed by atoms with Crippen LogP contribution in [0.25, 0.3) is 11.0 Å². The number of carbonyl (C=O) groups is 1. The summed E-state index contributed by atoms with van der Waals surface area (Å²) >= 11 is 0. The first-order valence-corrected chi connectivity index (χ1v) is 7.30. The summed E-state index contributed by atoms with van der Waals surface area (Å²) in [6.07, 6.45) is 4.32. The van der Waals surface area contributed by atoms with Gasteiger partial charge in [0.05, 0.1) is 12.7 Å². The van der Waals surface area contributed by atoms with Crippen LogP contribution < -0.4 is 5.73 Å². The topological polar surface area (TPSA) is 74.7 Å². The second-order valence-electron chi connectivity index (χ2n) is 5.32.